The molecule has 0 saturated heterocycles. The third kappa shape index (κ3) is 6.31. The van der Waals surface area contributed by atoms with Gasteiger partial charge in [-0.05, 0) is 31.5 Å². The second kappa shape index (κ2) is 8.29. The van der Waals surface area contributed by atoms with Gasteiger partial charge in [-0.2, -0.15) is 0 Å². The molecule has 1 atom stereocenters. The van der Waals surface area contributed by atoms with Crippen LogP contribution in [0.5, 0.6) is 0 Å². The molecule has 2 amide bonds. The molecule has 1 aromatic carbocycles. The standard InChI is InChI=1S/C14H20N2O4/c1-10(17)6-7-13(18)15-11-4-3-5-12(8-11)16-14(19)9-20-2/h3-5,8,10,17H,6-7,9H2,1-2H3,(H,15,18)(H,16,19). The highest BCUT2D eigenvalue weighted by Crippen LogP contribution is 2.15. The Balaban J connectivity index is 2.55. The molecule has 1 unspecified atom stereocenters. The monoisotopic (exact) mass is 280 g/mol. The lowest BCUT2D eigenvalue weighted by Crippen LogP contribution is -2.17. The Morgan fingerprint density at radius 1 is 1.25 bits per heavy atom. The van der Waals surface area contributed by atoms with E-state index in [1.54, 1.807) is 31.2 Å². The molecule has 0 spiro atoms. The van der Waals surface area contributed by atoms with E-state index in [4.69, 9.17) is 9.84 Å². The number of hydrogen-bond acceptors (Lipinski definition) is 4. The number of rotatable bonds is 7. The maximum Gasteiger partial charge on any atom is 0.250 e. The number of amides is 2. The lowest BCUT2D eigenvalue weighted by atomic mass is 10.2. The predicted molar refractivity (Wildman–Crippen MR) is 76.5 cm³/mol. The normalized spacial score (nSPS) is 11.8. The lowest BCUT2D eigenvalue weighted by Gasteiger charge is -2.09. The van der Waals surface area contributed by atoms with Crippen molar-refractivity contribution in [3.63, 3.8) is 0 Å². The summed E-state index contributed by atoms with van der Waals surface area (Å²) in [7, 11) is 1.44. The number of carbonyl (C=O) groups is 2. The zero-order valence-corrected chi connectivity index (χ0v) is 11.7. The van der Waals surface area contributed by atoms with Gasteiger partial charge in [-0.25, -0.2) is 0 Å². The van der Waals surface area contributed by atoms with E-state index >= 15 is 0 Å². The molecule has 6 nitrogen and oxygen atoms in total. The number of ether oxygens (including phenoxy) is 1. The van der Waals surface area contributed by atoms with Crippen LogP contribution in [-0.4, -0.2) is 36.7 Å². The van der Waals surface area contributed by atoms with Crippen molar-refractivity contribution >= 4 is 23.2 Å². The average molecular weight is 280 g/mol. The second-order valence-corrected chi connectivity index (χ2v) is 4.50. The molecule has 0 aliphatic heterocycles. The first kappa shape index (κ1) is 16.1. The van der Waals surface area contributed by atoms with Gasteiger partial charge >= 0.3 is 0 Å². The Labute approximate surface area is 118 Å². The molecular formula is C14H20N2O4. The molecule has 110 valence electrons. The molecule has 1 aromatic rings. The summed E-state index contributed by atoms with van der Waals surface area (Å²) in [4.78, 5) is 23.0. The first-order chi connectivity index (χ1) is 9.51. The summed E-state index contributed by atoms with van der Waals surface area (Å²) in [5.74, 6) is -0.434. The molecule has 0 fully saturated rings. The summed E-state index contributed by atoms with van der Waals surface area (Å²) in [6.07, 6.45) is 0.161. The SMILES string of the molecule is COCC(=O)Nc1cccc(NC(=O)CCC(C)O)c1. The molecule has 0 aliphatic rings. The molecule has 0 radical (unpaired) electrons. The van der Waals surface area contributed by atoms with E-state index in [1.165, 1.54) is 7.11 Å². The Hall–Kier alpha value is -1.92. The van der Waals surface area contributed by atoms with Crippen molar-refractivity contribution in [2.24, 2.45) is 0 Å². The van der Waals surface area contributed by atoms with Gasteiger partial charge in [0.05, 0.1) is 6.10 Å². The minimum absolute atomic E-state index is 0.0228. The summed E-state index contributed by atoms with van der Waals surface area (Å²) >= 11 is 0. The number of hydrogen-bond donors (Lipinski definition) is 3. The number of aliphatic hydroxyl groups excluding tert-OH is 1. The van der Waals surface area contributed by atoms with Crippen molar-refractivity contribution in [3.8, 4) is 0 Å². The van der Waals surface area contributed by atoms with E-state index in [-0.39, 0.29) is 24.8 Å². The van der Waals surface area contributed by atoms with Gasteiger partial charge in [0.1, 0.15) is 6.61 Å². The number of carbonyl (C=O) groups excluding carboxylic acids is 2. The number of benzene rings is 1. The summed E-state index contributed by atoms with van der Waals surface area (Å²) in [6.45, 7) is 1.62. The van der Waals surface area contributed by atoms with Crippen LogP contribution in [0.2, 0.25) is 0 Å². The van der Waals surface area contributed by atoms with Crippen molar-refractivity contribution in [1.82, 2.24) is 0 Å². The summed E-state index contributed by atoms with van der Waals surface area (Å²) < 4.78 is 4.72. The van der Waals surface area contributed by atoms with Gasteiger partial charge < -0.3 is 20.5 Å². The molecule has 1 rings (SSSR count). The van der Waals surface area contributed by atoms with Gasteiger partial charge in [0.15, 0.2) is 0 Å². The summed E-state index contributed by atoms with van der Waals surface area (Å²) in [5.41, 5.74) is 1.18. The Morgan fingerprint density at radius 2 is 1.85 bits per heavy atom. The van der Waals surface area contributed by atoms with Crippen molar-refractivity contribution in [2.45, 2.75) is 25.9 Å². The molecule has 0 aliphatic carbocycles. The van der Waals surface area contributed by atoms with Crippen LogP contribution in [0.4, 0.5) is 11.4 Å². The van der Waals surface area contributed by atoms with E-state index in [0.29, 0.717) is 17.8 Å². The van der Waals surface area contributed by atoms with Gasteiger partial charge in [0, 0.05) is 24.9 Å². The fourth-order valence-corrected chi connectivity index (χ4v) is 1.57. The van der Waals surface area contributed by atoms with E-state index in [0.717, 1.165) is 0 Å². The van der Waals surface area contributed by atoms with E-state index in [2.05, 4.69) is 10.6 Å². The zero-order chi connectivity index (χ0) is 15.0. The number of anilines is 2. The van der Waals surface area contributed by atoms with Crippen LogP contribution in [0, 0.1) is 0 Å². The molecule has 0 bridgehead atoms. The highest BCUT2D eigenvalue weighted by molar-refractivity contribution is 5.94. The Morgan fingerprint density at radius 3 is 2.40 bits per heavy atom. The van der Waals surface area contributed by atoms with Crippen LogP contribution in [0.3, 0.4) is 0 Å². The minimum atomic E-state index is -0.500. The van der Waals surface area contributed by atoms with Crippen LogP contribution >= 0.6 is 0 Å². The number of nitrogens with one attached hydrogen (secondary N) is 2. The quantitative estimate of drug-likeness (QED) is 0.704. The van der Waals surface area contributed by atoms with Crippen LogP contribution in [-0.2, 0) is 14.3 Å². The van der Waals surface area contributed by atoms with Crippen molar-refractivity contribution in [3.05, 3.63) is 24.3 Å². The highest BCUT2D eigenvalue weighted by atomic mass is 16.5. The van der Waals surface area contributed by atoms with Crippen molar-refractivity contribution in [1.29, 1.82) is 0 Å². The van der Waals surface area contributed by atoms with Gasteiger partial charge in [-0.1, -0.05) is 6.07 Å². The van der Waals surface area contributed by atoms with Crippen molar-refractivity contribution < 1.29 is 19.4 Å². The maximum absolute atomic E-state index is 11.6. The lowest BCUT2D eigenvalue weighted by molar-refractivity contribution is -0.119. The van der Waals surface area contributed by atoms with E-state index in [1.807, 2.05) is 0 Å². The minimum Gasteiger partial charge on any atom is -0.393 e. The predicted octanol–water partition coefficient (Wildman–Crippen LogP) is 1.37. The average Bonchev–Trinajstić information content (AvgIpc) is 2.37. The molecular weight excluding hydrogens is 260 g/mol. The first-order valence-electron chi connectivity index (χ1n) is 6.38. The molecule has 0 aromatic heterocycles. The molecule has 0 heterocycles. The van der Waals surface area contributed by atoms with Gasteiger partial charge in [0.2, 0.25) is 11.8 Å². The topological polar surface area (TPSA) is 87.7 Å². The van der Waals surface area contributed by atoms with Gasteiger partial charge in [-0.15, -0.1) is 0 Å². The fraction of sp³-hybridized carbons (Fsp3) is 0.429. The van der Waals surface area contributed by atoms with E-state index in [9.17, 15) is 9.59 Å². The summed E-state index contributed by atoms with van der Waals surface area (Å²) in [6, 6.07) is 6.84. The molecule has 20 heavy (non-hydrogen) atoms. The second-order valence-electron chi connectivity index (χ2n) is 4.50. The fourth-order valence-electron chi connectivity index (χ4n) is 1.57. The maximum atomic E-state index is 11.6. The van der Waals surface area contributed by atoms with Crippen LogP contribution in [0.15, 0.2) is 24.3 Å². The molecule has 0 saturated carbocycles. The largest absolute Gasteiger partial charge is 0.393 e. The smallest absolute Gasteiger partial charge is 0.250 e. The zero-order valence-electron chi connectivity index (χ0n) is 11.7. The third-order valence-electron chi connectivity index (χ3n) is 2.49. The first-order valence-corrected chi connectivity index (χ1v) is 6.38. The van der Waals surface area contributed by atoms with Crippen molar-refractivity contribution in [2.75, 3.05) is 24.4 Å². The van der Waals surface area contributed by atoms with Crippen LogP contribution in [0.25, 0.3) is 0 Å². The Bertz CT molecular complexity index is 460. The van der Waals surface area contributed by atoms with E-state index < -0.39 is 6.10 Å². The van der Waals surface area contributed by atoms with Gasteiger partial charge in [0.25, 0.3) is 0 Å². The third-order valence-corrected chi connectivity index (χ3v) is 2.49. The Kier molecular flexibility index (Phi) is 6.69. The number of aliphatic hydroxyl groups is 1. The summed E-state index contributed by atoms with van der Waals surface area (Å²) in [5, 5.41) is 14.5. The highest BCUT2D eigenvalue weighted by Gasteiger charge is 2.06. The van der Waals surface area contributed by atoms with Crippen LogP contribution < -0.4 is 10.6 Å². The van der Waals surface area contributed by atoms with Crippen LogP contribution in [0.1, 0.15) is 19.8 Å². The van der Waals surface area contributed by atoms with Gasteiger partial charge in [-0.3, -0.25) is 9.59 Å². The molecule has 3 N–H and O–H groups in total. The number of methoxy groups -OCH3 is 1. The molecule has 6 heteroatoms.